The molecule has 0 atom stereocenters. The fourth-order valence-corrected chi connectivity index (χ4v) is 4.77. The van der Waals surface area contributed by atoms with Crippen molar-refractivity contribution in [2.45, 2.75) is 11.4 Å². The second-order valence-corrected chi connectivity index (χ2v) is 8.50. The van der Waals surface area contributed by atoms with Crippen LogP contribution in [0.25, 0.3) is 11.0 Å². The number of benzene rings is 2. The van der Waals surface area contributed by atoms with E-state index in [2.05, 4.69) is 9.97 Å². The largest absolute Gasteiger partial charge is 0.323 e. The molecular formula is C18H19FN4O3S. The molecule has 7 nitrogen and oxygen atoms in total. The standard InChI is InChI=1S/C18H19FN4O3S/c19-15-4-2-1-3-13(15)12-22-7-9-23(10-8-22)27(25,26)14-5-6-16-17(11-14)21-18(24)20-16/h1-6,11H,7-10,12H2,(H2,20,21,24). The maximum Gasteiger partial charge on any atom is 0.323 e. The Balaban J connectivity index is 1.47. The number of nitrogens with one attached hydrogen (secondary N) is 2. The first kappa shape index (κ1) is 17.9. The highest BCUT2D eigenvalue weighted by Gasteiger charge is 2.29. The molecule has 2 aromatic carbocycles. The van der Waals surface area contributed by atoms with Gasteiger partial charge >= 0.3 is 5.69 Å². The molecule has 1 aromatic heterocycles. The van der Waals surface area contributed by atoms with E-state index in [9.17, 15) is 17.6 Å². The molecule has 9 heteroatoms. The average Bonchev–Trinajstić information content (AvgIpc) is 3.03. The van der Waals surface area contributed by atoms with Gasteiger partial charge in [-0.15, -0.1) is 0 Å². The third kappa shape index (κ3) is 3.53. The first-order valence-electron chi connectivity index (χ1n) is 8.61. The zero-order valence-corrected chi connectivity index (χ0v) is 15.3. The molecule has 0 radical (unpaired) electrons. The van der Waals surface area contributed by atoms with E-state index in [0.717, 1.165) is 0 Å². The van der Waals surface area contributed by atoms with Gasteiger partial charge in [0.25, 0.3) is 0 Å². The quantitative estimate of drug-likeness (QED) is 0.707. The predicted octanol–water partition coefficient (Wildman–Crippen LogP) is 1.50. The van der Waals surface area contributed by atoms with Gasteiger partial charge in [-0.05, 0) is 24.3 Å². The van der Waals surface area contributed by atoms with Crippen LogP contribution < -0.4 is 5.69 Å². The Kier molecular flexibility index (Phi) is 4.58. The molecule has 0 saturated carbocycles. The first-order chi connectivity index (χ1) is 12.9. The lowest BCUT2D eigenvalue weighted by atomic mass is 10.2. The lowest BCUT2D eigenvalue weighted by Gasteiger charge is -2.34. The molecule has 2 N–H and O–H groups in total. The Bertz CT molecular complexity index is 1130. The Morgan fingerprint density at radius 1 is 0.963 bits per heavy atom. The highest BCUT2D eigenvalue weighted by atomic mass is 32.2. The third-order valence-corrected chi connectivity index (χ3v) is 6.70. The van der Waals surface area contributed by atoms with E-state index in [1.165, 1.54) is 22.5 Å². The molecule has 2 heterocycles. The van der Waals surface area contributed by atoms with E-state index in [4.69, 9.17) is 0 Å². The number of halogens is 1. The summed E-state index contributed by atoms with van der Waals surface area (Å²) < 4.78 is 41.0. The second kappa shape index (κ2) is 6.91. The molecule has 27 heavy (non-hydrogen) atoms. The Hall–Kier alpha value is -2.49. The van der Waals surface area contributed by atoms with E-state index in [-0.39, 0.29) is 16.4 Å². The van der Waals surface area contributed by atoms with Crippen LogP contribution in [0.3, 0.4) is 0 Å². The number of imidazole rings is 1. The van der Waals surface area contributed by atoms with Gasteiger partial charge in [0.2, 0.25) is 10.0 Å². The number of aromatic amines is 2. The molecular weight excluding hydrogens is 371 g/mol. The summed E-state index contributed by atoms with van der Waals surface area (Å²) in [6.45, 7) is 2.17. The first-order valence-corrected chi connectivity index (χ1v) is 10.1. The van der Waals surface area contributed by atoms with Crippen molar-refractivity contribution in [3.63, 3.8) is 0 Å². The van der Waals surface area contributed by atoms with Crippen LogP contribution in [0.4, 0.5) is 4.39 Å². The van der Waals surface area contributed by atoms with Crippen molar-refractivity contribution in [2.24, 2.45) is 0 Å². The molecule has 4 rings (SSSR count). The van der Waals surface area contributed by atoms with Gasteiger partial charge in [0.15, 0.2) is 0 Å². The highest BCUT2D eigenvalue weighted by molar-refractivity contribution is 7.89. The van der Waals surface area contributed by atoms with Gasteiger partial charge in [-0.1, -0.05) is 18.2 Å². The van der Waals surface area contributed by atoms with Crippen LogP contribution in [0, 0.1) is 5.82 Å². The highest BCUT2D eigenvalue weighted by Crippen LogP contribution is 2.21. The van der Waals surface area contributed by atoms with Crippen molar-refractivity contribution in [1.82, 2.24) is 19.2 Å². The molecule has 0 unspecified atom stereocenters. The van der Waals surface area contributed by atoms with Crippen LogP contribution in [0.2, 0.25) is 0 Å². The summed E-state index contributed by atoms with van der Waals surface area (Å²) in [6, 6.07) is 11.2. The molecule has 0 amide bonds. The van der Waals surface area contributed by atoms with Crippen molar-refractivity contribution in [3.05, 3.63) is 64.3 Å². The van der Waals surface area contributed by atoms with Crippen molar-refractivity contribution in [3.8, 4) is 0 Å². The number of fused-ring (bicyclic) bond motifs is 1. The molecule has 1 aliphatic heterocycles. The monoisotopic (exact) mass is 390 g/mol. The van der Waals surface area contributed by atoms with Gasteiger partial charge in [-0.3, -0.25) is 4.90 Å². The van der Waals surface area contributed by atoms with E-state index in [1.807, 2.05) is 4.90 Å². The van der Waals surface area contributed by atoms with Crippen LogP contribution in [0.15, 0.2) is 52.2 Å². The lowest BCUT2D eigenvalue weighted by molar-refractivity contribution is 0.180. The number of aromatic nitrogens is 2. The average molecular weight is 390 g/mol. The van der Waals surface area contributed by atoms with Crippen LogP contribution >= 0.6 is 0 Å². The summed E-state index contributed by atoms with van der Waals surface area (Å²) in [4.78, 5) is 18.7. The molecule has 1 aliphatic rings. The van der Waals surface area contributed by atoms with Crippen molar-refractivity contribution in [1.29, 1.82) is 0 Å². The Morgan fingerprint density at radius 2 is 1.67 bits per heavy atom. The van der Waals surface area contributed by atoms with Crippen LogP contribution in [-0.2, 0) is 16.6 Å². The Labute approximate surface area is 155 Å². The fraction of sp³-hybridized carbons (Fsp3) is 0.278. The number of piperazine rings is 1. The van der Waals surface area contributed by atoms with Gasteiger partial charge in [0.05, 0.1) is 15.9 Å². The number of sulfonamides is 1. The molecule has 0 bridgehead atoms. The number of H-pyrrole nitrogens is 2. The van der Waals surface area contributed by atoms with Gasteiger partial charge in [0, 0.05) is 38.3 Å². The van der Waals surface area contributed by atoms with Gasteiger partial charge in [0.1, 0.15) is 5.82 Å². The minimum atomic E-state index is -3.65. The predicted molar refractivity (Wildman–Crippen MR) is 99.4 cm³/mol. The van der Waals surface area contributed by atoms with E-state index in [1.54, 1.807) is 24.3 Å². The number of hydrogen-bond acceptors (Lipinski definition) is 4. The lowest BCUT2D eigenvalue weighted by Crippen LogP contribution is -2.48. The van der Waals surface area contributed by atoms with Crippen molar-refractivity contribution in [2.75, 3.05) is 26.2 Å². The second-order valence-electron chi connectivity index (χ2n) is 6.56. The third-order valence-electron chi connectivity index (χ3n) is 4.81. The molecule has 1 fully saturated rings. The summed E-state index contributed by atoms with van der Waals surface area (Å²) in [6.07, 6.45) is 0. The minimum absolute atomic E-state index is 0.146. The van der Waals surface area contributed by atoms with Crippen molar-refractivity contribution >= 4 is 21.1 Å². The molecule has 142 valence electrons. The summed E-state index contributed by atoms with van der Waals surface area (Å²) in [5.41, 5.74) is 1.25. The topological polar surface area (TPSA) is 89.3 Å². The zero-order valence-electron chi connectivity index (χ0n) is 14.5. The normalized spacial score (nSPS) is 16.8. The van der Waals surface area contributed by atoms with Gasteiger partial charge in [-0.2, -0.15) is 4.31 Å². The Morgan fingerprint density at radius 3 is 2.41 bits per heavy atom. The van der Waals surface area contributed by atoms with E-state index >= 15 is 0 Å². The number of nitrogens with zero attached hydrogens (tertiary/aromatic N) is 2. The van der Waals surface area contributed by atoms with Crippen LogP contribution in [0.1, 0.15) is 5.56 Å². The summed E-state index contributed by atoms with van der Waals surface area (Å²) in [5.74, 6) is -0.249. The maximum absolute atomic E-state index is 13.8. The van der Waals surface area contributed by atoms with Crippen LogP contribution in [0.5, 0.6) is 0 Å². The summed E-state index contributed by atoms with van der Waals surface area (Å²) in [5, 5.41) is 0. The van der Waals surface area contributed by atoms with E-state index < -0.39 is 10.0 Å². The summed E-state index contributed by atoms with van der Waals surface area (Å²) in [7, 11) is -3.65. The minimum Gasteiger partial charge on any atom is -0.306 e. The van der Waals surface area contributed by atoms with Gasteiger partial charge < -0.3 is 9.97 Å². The van der Waals surface area contributed by atoms with Crippen LogP contribution in [-0.4, -0.2) is 53.8 Å². The molecule has 3 aromatic rings. The van der Waals surface area contributed by atoms with Gasteiger partial charge in [-0.25, -0.2) is 17.6 Å². The van der Waals surface area contributed by atoms with Crippen molar-refractivity contribution < 1.29 is 12.8 Å². The van der Waals surface area contributed by atoms with E-state index in [0.29, 0.717) is 49.3 Å². The smallest absolute Gasteiger partial charge is 0.306 e. The molecule has 0 spiro atoms. The summed E-state index contributed by atoms with van der Waals surface area (Å²) >= 11 is 0. The maximum atomic E-state index is 13.8. The molecule has 0 aliphatic carbocycles. The number of rotatable bonds is 4. The molecule has 1 saturated heterocycles. The fourth-order valence-electron chi connectivity index (χ4n) is 3.32. The zero-order chi connectivity index (χ0) is 19.0. The SMILES string of the molecule is O=c1[nH]c2ccc(S(=O)(=O)N3CCN(Cc4ccccc4F)CC3)cc2[nH]1. The number of hydrogen-bond donors (Lipinski definition) is 2.